The summed E-state index contributed by atoms with van der Waals surface area (Å²) in [7, 11) is 0. The Labute approximate surface area is 143 Å². The van der Waals surface area contributed by atoms with E-state index in [-0.39, 0.29) is 11.9 Å². The third-order valence-electron chi connectivity index (χ3n) is 4.07. The van der Waals surface area contributed by atoms with E-state index in [0.717, 1.165) is 23.3 Å². The van der Waals surface area contributed by atoms with E-state index < -0.39 is 0 Å². The van der Waals surface area contributed by atoms with Gasteiger partial charge in [-0.3, -0.25) is 4.79 Å². The molecule has 1 aliphatic rings. The zero-order chi connectivity index (χ0) is 15.5. The lowest BCUT2D eigenvalue weighted by molar-refractivity contribution is -0.133. The fourth-order valence-electron chi connectivity index (χ4n) is 2.87. The lowest BCUT2D eigenvalue weighted by Crippen LogP contribution is -2.40. The lowest BCUT2D eigenvalue weighted by Gasteiger charge is -2.35. The highest BCUT2D eigenvalue weighted by molar-refractivity contribution is 9.10. The molecule has 22 heavy (non-hydrogen) atoms. The Hall–Kier alpha value is -1.20. The van der Waals surface area contributed by atoms with Crippen LogP contribution in [0.15, 0.2) is 52.0 Å². The third-order valence-corrected chi connectivity index (χ3v) is 6.10. The predicted octanol–water partition coefficient (Wildman–Crippen LogP) is 4.34. The molecule has 3 nitrogen and oxygen atoms in total. The number of amides is 1. The lowest BCUT2D eigenvalue weighted by atomic mass is 10.1. The average molecular weight is 379 g/mol. The van der Waals surface area contributed by atoms with Gasteiger partial charge in [0, 0.05) is 46.5 Å². The quantitative estimate of drug-likeness (QED) is 0.739. The second-order valence-corrected chi connectivity index (χ2v) is 7.41. The molecular weight excluding hydrogens is 360 g/mol. The smallest absolute Gasteiger partial charge is 0.224 e. The van der Waals surface area contributed by atoms with Crippen molar-refractivity contribution in [2.24, 2.45) is 0 Å². The Morgan fingerprint density at radius 2 is 2.09 bits per heavy atom. The van der Waals surface area contributed by atoms with Crippen molar-refractivity contribution in [1.29, 1.82) is 0 Å². The molecule has 0 aliphatic carbocycles. The normalized spacial score (nSPS) is 17.4. The molecule has 1 unspecified atom stereocenters. The molecule has 0 saturated heterocycles. The van der Waals surface area contributed by atoms with E-state index in [9.17, 15) is 4.79 Å². The fourth-order valence-corrected chi connectivity index (χ4v) is 4.38. The number of benzene rings is 1. The topological polar surface area (TPSA) is 25.2 Å². The van der Waals surface area contributed by atoms with Crippen molar-refractivity contribution < 1.29 is 4.79 Å². The maximum Gasteiger partial charge on any atom is 0.224 e. The zero-order valence-corrected chi connectivity index (χ0v) is 14.9. The SMILES string of the molecule is CC1c2cccn2CCN1C(=O)CCSc1ccccc1Br. The number of carbonyl (C=O) groups is 1. The van der Waals surface area contributed by atoms with E-state index in [2.05, 4.69) is 51.8 Å². The summed E-state index contributed by atoms with van der Waals surface area (Å²) in [6.45, 7) is 3.82. The van der Waals surface area contributed by atoms with Crippen LogP contribution in [0.3, 0.4) is 0 Å². The minimum atomic E-state index is 0.171. The van der Waals surface area contributed by atoms with Gasteiger partial charge >= 0.3 is 0 Å². The number of fused-ring (bicyclic) bond motifs is 1. The van der Waals surface area contributed by atoms with Crippen molar-refractivity contribution in [3.63, 3.8) is 0 Å². The largest absolute Gasteiger partial charge is 0.348 e. The zero-order valence-electron chi connectivity index (χ0n) is 12.5. The number of hydrogen-bond donors (Lipinski definition) is 0. The van der Waals surface area contributed by atoms with E-state index in [0.29, 0.717) is 6.42 Å². The van der Waals surface area contributed by atoms with Gasteiger partial charge in [0.1, 0.15) is 0 Å². The van der Waals surface area contributed by atoms with Gasteiger partial charge in [-0.2, -0.15) is 0 Å². The van der Waals surface area contributed by atoms with Crippen molar-refractivity contribution in [2.75, 3.05) is 12.3 Å². The molecular formula is C17H19BrN2OS. The van der Waals surface area contributed by atoms with Crippen LogP contribution in [0.25, 0.3) is 0 Å². The maximum absolute atomic E-state index is 12.5. The number of rotatable bonds is 4. The third kappa shape index (κ3) is 3.25. The highest BCUT2D eigenvalue weighted by Gasteiger charge is 2.26. The van der Waals surface area contributed by atoms with Crippen LogP contribution in [0.1, 0.15) is 25.1 Å². The highest BCUT2D eigenvalue weighted by atomic mass is 79.9. The van der Waals surface area contributed by atoms with E-state index in [1.165, 1.54) is 10.6 Å². The minimum absolute atomic E-state index is 0.171. The van der Waals surface area contributed by atoms with Crippen LogP contribution in [-0.2, 0) is 11.3 Å². The first kappa shape index (κ1) is 15.7. The summed E-state index contributed by atoms with van der Waals surface area (Å²) in [5.74, 6) is 1.06. The molecule has 3 rings (SSSR count). The van der Waals surface area contributed by atoms with Crippen LogP contribution in [0.2, 0.25) is 0 Å². The molecule has 1 aromatic carbocycles. The first-order chi connectivity index (χ1) is 10.7. The van der Waals surface area contributed by atoms with E-state index in [1.54, 1.807) is 11.8 Å². The van der Waals surface area contributed by atoms with E-state index in [4.69, 9.17) is 0 Å². The molecule has 2 heterocycles. The van der Waals surface area contributed by atoms with Gasteiger partial charge in [-0.1, -0.05) is 12.1 Å². The molecule has 1 atom stereocenters. The summed E-state index contributed by atoms with van der Waals surface area (Å²) in [5.41, 5.74) is 1.23. The van der Waals surface area contributed by atoms with Gasteiger partial charge in [0.15, 0.2) is 0 Å². The number of nitrogens with zero attached hydrogens (tertiary/aromatic N) is 2. The van der Waals surface area contributed by atoms with Crippen LogP contribution < -0.4 is 0 Å². The minimum Gasteiger partial charge on any atom is -0.348 e. The van der Waals surface area contributed by atoms with Crippen molar-refractivity contribution >= 4 is 33.6 Å². The maximum atomic E-state index is 12.5. The Morgan fingerprint density at radius 3 is 2.91 bits per heavy atom. The van der Waals surface area contributed by atoms with Crippen LogP contribution in [-0.4, -0.2) is 27.7 Å². The molecule has 0 spiro atoms. The van der Waals surface area contributed by atoms with Crippen molar-refractivity contribution in [1.82, 2.24) is 9.47 Å². The van der Waals surface area contributed by atoms with Gasteiger partial charge in [-0.05, 0) is 47.1 Å². The van der Waals surface area contributed by atoms with Gasteiger partial charge in [-0.25, -0.2) is 0 Å². The molecule has 116 valence electrons. The summed E-state index contributed by atoms with van der Waals surface area (Å²) in [6.07, 6.45) is 2.67. The van der Waals surface area contributed by atoms with E-state index >= 15 is 0 Å². The van der Waals surface area contributed by atoms with Crippen LogP contribution in [0.5, 0.6) is 0 Å². The molecule has 0 radical (unpaired) electrons. The molecule has 2 aromatic rings. The number of aromatic nitrogens is 1. The Balaban J connectivity index is 1.56. The van der Waals surface area contributed by atoms with Gasteiger partial charge in [0.2, 0.25) is 5.91 Å². The van der Waals surface area contributed by atoms with Gasteiger partial charge in [-0.15, -0.1) is 11.8 Å². The molecule has 0 saturated carbocycles. The molecule has 0 N–H and O–H groups in total. The molecule has 0 fully saturated rings. The van der Waals surface area contributed by atoms with Crippen LogP contribution >= 0.6 is 27.7 Å². The summed E-state index contributed by atoms with van der Waals surface area (Å²) in [4.78, 5) is 15.7. The Morgan fingerprint density at radius 1 is 1.27 bits per heavy atom. The van der Waals surface area contributed by atoms with Crippen molar-refractivity contribution in [3.8, 4) is 0 Å². The molecule has 1 aromatic heterocycles. The first-order valence-electron chi connectivity index (χ1n) is 7.48. The van der Waals surface area contributed by atoms with Gasteiger partial charge < -0.3 is 9.47 Å². The second-order valence-electron chi connectivity index (χ2n) is 5.42. The van der Waals surface area contributed by atoms with Crippen molar-refractivity contribution in [2.45, 2.75) is 30.8 Å². The molecule has 0 bridgehead atoms. The fraction of sp³-hybridized carbons (Fsp3) is 0.353. The predicted molar refractivity (Wildman–Crippen MR) is 94.0 cm³/mol. The highest BCUT2D eigenvalue weighted by Crippen LogP contribution is 2.29. The number of carbonyl (C=O) groups excluding carboxylic acids is 1. The molecule has 1 aliphatic heterocycles. The summed E-state index contributed by atoms with van der Waals surface area (Å²) >= 11 is 5.27. The second kappa shape index (κ2) is 6.92. The number of halogens is 1. The first-order valence-corrected chi connectivity index (χ1v) is 9.26. The van der Waals surface area contributed by atoms with E-state index in [1.807, 2.05) is 23.1 Å². The monoisotopic (exact) mass is 378 g/mol. The summed E-state index contributed by atoms with van der Waals surface area (Å²) in [6, 6.07) is 12.5. The summed E-state index contributed by atoms with van der Waals surface area (Å²) < 4.78 is 3.33. The Bertz CT molecular complexity index is 670. The van der Waals surface area contributed by atoms with Crippen LogP contribution in [0, 0.1) is 0 Å². The van der Waals surface area contributed by atoms with Crippen LogP contribution in [0.4, 0.5) is 0 Å². The van der Waals surface area contributed by atoms with Crippen molar-refractivity contribution in [3.05, 3.63) is 52.8 Å². The molecule has 5 heteroatoms. The summed E-state index contributed by atoms with van der Waals surface area (Å²) in [5, 5.41) is 0. The van der Waals surface area contributed by atoms with Gasteiger partial charge in [0.25, 0.3) is 0 Å². The number of thioether (sulfide) groups is 1. The molecule has 1 amide bonds. The Kier molecular flexibility index (Phi) is 4.93. The average Bonchev–Trinajstić information content (AvgIpc) is 2.99. The number of hydrogen-bond acceptors (Lipinski definition) is 2. The standard InChI is InChI=1S/C17H19BrN2OS/c1-13-15-6-4-9-19(15)10-11-20(13)17(21)8-12-22-16-7-3-2-5-14(16)18/h2-7,9,13H,8,10-12H2,1H3. The van der Waals surface area contributed by atoms with Gasteiger partial charge in [0.05, 0.1) is 6.04 Å².